The van der Waals surface area contributed by atoms with Gasteiger partial charge >= 0.3 is 0 Å². The summed E-state index contributed by atoms with van der Waals surface area (Å²) in [6.07, 6.45) is -0.463. The first kappa shape index (κ1) is 11.2. The third-order valence-electron chi connectivity index (χ3n) is 1.41. The molecular formula is C10H10O3-2. The van der Waals surface area contributed by atoms with Gasteiger partial charge in [0.1, 0.15) is 0 Å². The normalized spacial score (nSPS) is 8.08. The van der Waals surface area contributed by atoms with Gasteiger partial charge in [0.15, 0.2) is 0 Å². The molecule has 0 saturated carbocycles. The Balaban J connectivity index is 0.000000310. The molecule has 0 N–H and O–H groups in total. The van der Waals surface area contributed by atoms with Crippen molar-refractivity contribution in [2.75, 3.05) is 0 Å². The summed E-state index contributed by atoms with van der Waals surface area (Å²) in [6, 6.07) is 8.19. The van der Waals surface area contributed by atoms with E-state index in [-0.39, 0.29) is 0 Å². The number of hydrogen-bond donors (Lipinski definition) is 0. The average Bonchev–Trinajstić information content (AvgIpc) is 2.04. The summed E-state index contributed by atoms with van der Waals surface area (Å²) in [5.74, 6) is 0. The van der Waals surface area contributed by atoms with Crippen LogP contribution in [0.5, 0.6) is 0 Å². The molecule has 0 saturated heterocycles. The van der Waals surface area contributed by atoms with E-state index in [1.165, 1.54) is 11.1 Å². The van der Waals surface area contributed by atoms with Crippen molar-refractivity contribution in [3.05, 3.63) is 42.0 Å². The Morgan fingerprint density at radius 2 is 1.85 bits per heavy atom. The second-order valence-corrected chi connectivity index (χ2v) is 2.31. The smallest absolute Gasteiger partial charge is 0.0233 e. The lowest BCUT2D eigenvalue weighted by molar-refractivity contribution is -0.415. The maximum absolute atomic E-state index is 8.33. The Morgan fingerprint density at radius 3 is 2.15 bits per heavy atom. The molecule has 1 aromatic carbocycles. The minimum absolute atomic E-state index is 1.22. The molecule has 13 heavy (non-hydrogen) atoms. The summed E-state index contributed by atoms with van der Waals surface area (Å²) in [4.78, 5) is 8.33. The second kappa shape index (κ2) is 5.83. The fraction of sp³-hybridized carbons (Fsp3) is 0.100. The fourth-order valence-electron chi connectivity index (χ4n) is 0.816. The molecule has 0 aliphatic heterocycles. The minimum atomic E-state index is -2.33. The van der Waals surface area contributed by atoms with E-state index in [1.807, 2.05) is 18.2 Å². The molecular weight excluding hydrogens is 168 g/mol. The van der Waals surface area contributed by atoms with Gasteiger partial charge in [-0.25, -0.2) is 0 Å². The van der Waals surface area contributed by atoms with Gasteiger partial charge in [-0.05, 0) is 24.2 Å². The van der Waals surface area contributed by atoms with Gasteiger partial charge in [0.2, 0.25) is 0 Å². The van der Waals surface area contributed by atoms with E-state index in [1.54, 1.807) is 0 Å². The summed E-state index contributed by atoms with van der Waals surface area (Å²) in [7, 11) is 0. The van der Waals surface area contributed by atoms with Crippen molar-refractivity contribution >= 4 is 12.2 Å². The summed E-state index contributed by atoms with van der Waals surface area (Å²) in [5, 5.41) is 16.7. The van der Waals surface area contributed by atoms with Crippen molar-refractivity contribution in [3.8, 4) is 0 Å². The van der Waals surface area contributed by atoms with Gasteiger partial charge in [-0.3, -0.25) is 0 Å². The Bertz CT molecular complexity index is 288. The molecule has 0 amide bonds. The molecule has 1 rings (SSSR count). The van der Waals surface area contributed by atoms with Crippen LogP contribution in [-0.4, -0.2) is 6.16 Å². The van der Waals surface area contributed by atoms with Crippen molar-refractivity contribution in [1.29, 1.82) is 0 Å². The number of hydrogen-bond acceptors (Lipinski definition) is 3. The van der Waals surface area contributed by atoms with Crippen LogP contribution in [0, 0.1) is 6.92 Å². The van der Waals surface area contributed by atoms with E-state index < -0.39 is 6.16 Å². The predicted octanol–water partition coefficient (Wildman–Crippen LogP) is 0.191. The van der Waals surface area contributed by atoms with Gasteiger partial charge in [-0.2, -0.15) is 0 Å². The zero-order valence-electron chi connectivity index (χ0n) is 7.32. The molecule has 0 aromatic heterocycles. The van der Waals surface area contributed by atoms with Crippen molar-refractivity contribution < 1.29 is 15.0 Å². The monoisotopic (exact) mass is 178 g/mol. The lowest BCUT2D eigenvalue weighted by Crippen LogP contribution is -2.37. The highest BCUT2D eigenvalue weighted by Crippen LogP contribution is 2.06. The Labute approximate surface area is 77.0 Å². The van der Waals surface area contributed by atoms with Crippen molar-refractivity contribution in [2.45, 2.75) is 6.92 Å². The van der Waals surface area contributed by atoms with Gasteiger partial charge in [0.25, 0.3) is 0 Å². The van der Waals surface area contributed by atoms with Crippen LogP contribution in [0.2, 0.25) is 0 Å². The van der Waals surface area contributed by atoms with E-state index in [2.05, 4.69) is 25.6 Å². The van der Waals surface area contributed by atoms with Crippen LogP contribution in [0.25, 0.3) is 6.08 Å². The highest BCUT2D eigenvalue weighted by Gasteiger charge is 1.86. The molecule has 3 heteroatoms. The third-order valence-corrected chi connectivity index (χ3v) is 1.41. The van der Waals surface area contributed by atoms with Crippen LogP contribution in [0.4, 0.5) is 4.79 Å². The van der Waals surface area contributed by atoms with Crippen LogP contribution in [0.15, 0.2) is 30.8 Å². The molecule has 3 nitrogen and oxygen atoms in total. The first-order valence-corrected chi connectivity index (χ1v) is 3.64. The van der Waals surface area contributed by atoms with Crippen molar-refractivity contribution in [1.82, 2.24) is 0 Å². The fourth-order valence-corrected chi connectivity index (χ4v) is 0.816. The standard InChI is InChI=1S/C9H10.CH2O3/c1-3-9-7-5-4-6-8(9)2;2-1(3)4/h3-7H,1H2,2H3;(H2,2,3,4)/p-2. The number of carboxylic acid groups (broad SMARTS) is 2. The van der Waals surface area contributed by atoms with Crippen LogP contribution in [-0.2, 0) is 0 Å². The number of aryl methyl sites for hydroxylation is 1. The van der Waals surface area contributed by atoms with Crippen LogP contribution in [0.3, 0.4) is 0 Å². The predicted molar refractivity (Wildman–Crippen MR) is 46.7 cm³/mol. The quantitative estimate of drug-likeness (QED) is 0.616. The first-order valence-electron chi connectivity index (χ1n) is 3.64. The maximum Gasteiger partial charge on any atom is -0.0233 e. The molecule has 0 fully saturated rings. The Kier molecular flexibility index (Phi) is 5.03. The number of benzene rings is 1. The number of carbonyl (C=O) groups excluding carboxylic acids is 1. The zero-order chi connectivity index (χ0) is 10.3. The molecule has 1 aromatic rings. The van der Waals surface area contributed by atoms with Crippen LogP contribution in [0.1, 0.15) is 11.1 Å². The zero-order valence-corrected chi connectivity index (χ0v) is 7.32. The lowest BCUT2D eigenvalue weighted by Gasteiger charge is -1.96. The molecule has 0 unspecified atom stereocenters. The molecule has 0 radical (unpaired) electrons. The molecule has 0 aliphatic carbocycles. The molecule has 0 aliphatic rings. The summed E-state index contributed by atoms with van der Waals surface area (Å²) in [6.45, 7) is 5.77. The van der Waals surface area contributed by atoms with E-state index in [9.17, 15) is 0 Å². The Hall–Kier alpha value is -1.77. The van der Waals surface area contributed by atoms with E-state index in [0.29, 0.717) is 0 Å². The van der Waals surface area contributed by atoms with E-state index in [0.717, 1.165) is 0 Å². The van der Waals surface area contributed by atoms with Crippen LogP contribution < -0.4 is 10.2 Å². The first-order chi connectivity index (χ1) is 6.07. The lowest BCUT2D eigenvalue weighted by atomic mass is 10.1. The van der Waals surface area contributed by atoms with Gasteiger partial charge < -0.3 is 15.0 Å². The second-order valence-electron chi connectivity index (χ2n) is 2.31. The maximum atomic E-state index is 8.33. The number of carbonyl (C=O) groups is 1. The molecule has 0 atom stereocenters. The number of rotatable bonds is 1. The third kappa shape index (κ3) is 5.49. The van der Waals surface area contributed by atoms with E-state index >= 15 is 0 Å². The summed E-state index contributed by atoms with van der Waals surface area (Å²) >= 11 is 0. The van der Waals surface area contributed by atoms with Crippen molar-refractivity contribution in [2.24, 2.45) is 0 Å². The minimum Gasteiger partial charge on any atom is -0.652 e. The average molecular weight is 178 g/mol. The van der Waals surface area contributed by atoms with Gasteiger partial charge in [0, 0.05) is 0 Å². The van der Waals surface area contributed by atoms with Gasteiger partial charge in [0.05, 0.1) is 0 Å². The topological polar surface area (TPSA) is 63.2 Å². The van der Waals surface area contributed by atoms with Crippen LogP contribution >= 0.6 is 0 Å². The van der Waals surface area contributed by atoms with E-state index in [4.69, 9.17) is 15.0 Å². The van der Waals surface area contributed by atoms with Crippen molar-refractivity contribution in [3.63, 3.8) is 0 Å². The highest BCUT2D eigenvalue weighted by atomic mass is 16.6. The molecule has 0 spiro atoms. The summed E-state index contributed by atoms with van der Waals surface area (Å²) in [5.41, 5.74) is 2.50. The molecule has 70 valence electrons. The SMILES string of the molecule is C=Cc1ccccc1C.O=C([O-])[O-]. The van der Waals surface area contributed by atoms with Gasteiger partial charge in [-0.15, -0.1) is 0 Å². The largest absolute Gasteiger partial charge is 0.652 e. The highest BCUT2D eigenvalue weighted by molar-refractivity contribution is 5.50. The van der Waals surface area contributed by atoms with Gasteiger partial charge in [-0.1, -0.05) is 36.9 Å². The molecule has 0 heterocycles. The summed E-state index contributed by atoms with van der Waals surface area (Å²) < 4.78 is 0. The molecule has 0 bridgehead atoms. The Morgan fingerprint density at radius 1 is 1.38 bits per heavy atom.